The molecule has 10 nitrogen and oxygen atoms in total. The minimum atomic E-state index is -3.67. The Bertz CT molecular complexity index is 1240. The average Bonchev–Trinajstić information content (AvgIpc) is 3.19. The Morgan fingerprint density at radius 2 is 1.86 bits per heavy atom. The van der Waals surface area contributed by atoms with E-state index in [0.29, 0.717) is 11.8 Å². The van der Waals surface area contributed by atoms with E-state index in [2.05, 4.69) is 22.9 Å². The number of benzene rings is 1. The average molecular weight is 509 g/mol. The van der Waals surface area contributed by atoms with Gasteiger partial charge in [-0.05, 0) is 31.4 Å². The maximum absolute atomic E-state index is 12.4. The molecule has 192 valence electrons. The van der Waals surface area contributed by atoms with Crippen molar-refractivity contribution in [3.8, 4) is 11.5 Å². The molecule has 3 aliphatic heterocycles. The summed E-state index contributed by atoms with van der Waals surface area (Å²) in [5.74, 6) is 1.59. The van der Waals surface area contributed by atoms with Crippen LogP contribution in [-0.2, 0) is 30.8 Å². The van der Waals surface area contributed by atoms with Gasteiger partial charge in [0.25, 0.3) is 10.1 Å². The van der Waals surface area contributed by atoms with E-state index >= 15 is 0 Å². The number of nitrogens with one attached hydrogen (secondary N) is 1. The molecule has 3 aliphatic rings. The number of aromatic amines is 1. The summed E-state index contributed by atoms with van der Waals surface area (Å²) in [6.45, 7) is 4.00. The predicted molar refractivity (Wildman–Crippen MR) is 129 cm³/mol. The highest BCUT2D eigenvalue weighted by atomic mass is 32.2. The summed E-state index contributed by atoms with van der Waals surface area (Å²) >= 11 is 0. The van der Waals surface area contributed by atoms with E-state index in [9.17, 15) is 13.2 Å². The third-order valence-corrected chi connectivity index (χ3v) is 7.14. The fourth-order valence-electron chi connectivity index (χ4n) is 5.56. The first-order valence-corrected chi connectivity index (χ1v) is 13.3. The molecule has 0 aliphatic carbocycles. The topological polar surface area (TPSA) is 127 Å². The molecule has 1 fully saturated rings. The van der Waals surface area contributed by atoms with Crippen LogP contribution in [-0.4, -0.2) is 75.6 Å². The number of rotatable bonds is 3. The van der Waals surface area contributed by atoms with Gasteiger partial charge >= 0.3 is 5.97 Å². The monoisotopic (exact) mass is 508 g/mol. The Kier molecular flexibility index (Phi) is 7.03. The zero-order chi connectivity index (χ0) is 25.5. The summed E-state index contributed by atoms with van der Waals surface area (Å²) in [5.41, 5.74) is 4.31. The van der Waals surface area contributed by atoms with Crippen LogP contribution in [0.15, 0.2) is 24.0 Å². The number of aromatic nitrogens is 1. The van der Waals surface area contributed by atoms with Gasteiger partial charge in [0.1, 0.15) is 0 Å². The molecule has 1 saturated heterocycles. The maximum Gasteiger partial charge on any atom is 0.337 e. The van der Waals surface area contributed by atoms with Crippen molar-refractivity contribution < 1.29 is 36.7 Å². The van der Waals surface area contributed by atoms with Crippen molar-refractivity contribution in [2.45, 2.75) is 31.9 Å². The van der Waals surface area contributed by atoms with Gasteiger partial charge in [-0.2, -0.15) is 8.42 Å². The number of nitrogens with zero attached hydrogens (tertiary/aromatic N) is 1. The third-order valence-electron chi connectivity index (χ3n) is 7.14. The Morgan fingerprint density at radius 1 is 1.20 bits per heavy atom. The lowest BCUT2D eigenvalue weighted by molar-refractivity contribution is -0.139. The Hall–Kier alpha value is -2.76. The second-order valence-electron chi connectivity index (χ2n) is 9.18. The lowest BCUT2D eigenvalue weighted by Crippen LogP contribution is -2.51. The number of hydrogen-bond donors (Lipinski definition) is 2. The van der Waals surface area contributed by atoms with Crippen molar-refractivity contribution >= 4 is 27.0 Å². The molecule has 2 aromatic rings. The summed E-state index contributed by atoms with van der Waals surface area (Å²) < 4.78 is 47.7. The molecule has 0 spiro atoms. The number of H-pyrrole nitrogens is 1. The van der Waals surface area contributed by atoms with Crippen LogP contribution < -0.4 is 9.47 Å². The molecule has 0 unspecified atom stereocenters. The standard InChI is InChI=1S/C23H28N2O5.CH4O3S/c1-12-16-10-25-6-5-13-15-8-20(27-2)21(28-3)9-18(15)24-22(13)19(25)7-14(16)17(11-30-12)23(26)29-4;1-5(2,3)4/h8-9,11-12,14,16,19,24H,5-7,10H2,1-4H3;1H3,(H,2,3,4)/t12-,14-,16-,19-;/m0./s1. The molecule has 0 saturated carbocycles. The third kappa shape index (κ3) is 4.98. The molecule has 4 atom stereocenters. The first-order chi connectivity index (χ1) is 16.5. The number of carbonyl (C=O) groups excluding carboxylic acids is 1. The van der Waals surface area contributed by atoms with Gasteiger partial charge in [0.15, 0.2) is 11.5 Å². The molecule has 1 aromatic heterocycles. The lowest BCUT2D eigenvalue weighted by atomic mass is 9.72. The number of esters is 1. The fourth-order valence-corrected chi connectivity index (χ4v) is 5.56. The van der Waals surface area contributed by atoms with E-state index in [0.717, 1.165) is 42.9 Å². The second-order valence-corrected chi connectivity index (χ2v) is 10.6. The van der Waals surface area contributed by atoms with Gasteiger partial charge in [-0.1, -0.05) is 0 Å². The normalized spacial score (nSPS) is 25.6. The van der Waals surface area contributed by atoms with Crippen molar-refractivity contribution in [2.75, 3.05) is 40.7 Å². The quantitative estimate of drug-likeness (QED) is 0.475. The van der Waals surface area contributed by atoms with Crippen molar-refractivity contribution in [3.63, 3.8) is 0 Å². The molecule has 0 radical (unpaired) electrons. The number of fused-ring (bicyclic) bond motifs is 6. The summed E-state index contributed by atoms with van der Waals surface area (Å²) in [5, 5.41) is 1.19. The smallest absolute Gasteiger partial charge is 0.337 e. The van der Waals surface area contributed by atoms with Crippen molar-refractivity contribution in [3.05, 3.63) is 35.2 Å². The summed E-state index contributed by atoms with van der Waals surface area (Å²) in [7, 11) is 1.09. The first kappa shape index (κ1) is 25.3. The Balaban J connectivity index is 0.000000527. The molecule has 5 rings (SSSR count). The zero-order valence-corrected chi connectivity index (χ0v) is 21.3. The number of piperidine rings is 1. The van der Waals surface area contributed by atoms with Gasteiger partial charge in [-0.15, -0.1) is 0 Å². The molecule has 35 heavy (non-hydrogen) atoms. The maximum atomic E-state index is 12.4. The van der Waals surface area contributed by atoms with Crippen LogP contribution in [0.25, 0.3) is 10.9 Å². The number of methoxy groups -OCH3 is 3. The van der Waals surface area contributed by atoms with Crippen molar-refractivity contribution in [2.24, 2.45) is 11.8 Å². The van der Waals surface area contributed by atoms with Crippen LogP contribution in [0.2, 0.25) is 0 Å². The van der Waals surface area contributed by atoms with Crippen LogP contribution in [0.1, 0.15) is 30.6 Å². The molecule has 0 amide bonds. The van der Waals surface area contributed by atoms with E-state index in [1.54, 1.807) is 20.5 Å². The lowest BCUT2D eigenvalue weighted by Gasteiger charge is -2.49. The van der Waals surface area contributed by atoms with E-state index in [4.69, 9.17) is 23.5 Å². The van der Waals surface area contributed by atoms with Gasteiger partial charge < -0.3 is 23.9 Å². The van der Waals surface area contributed by atoms with Crippen LogP contribution in [0, 0.1) is 11.8 Å². The van der Waals surface area contributed by atoms with E-state index in [-0.39, 0.29) is 30.0 Å². The van der Waals surface area contributed by atoms with Crippen LogP contribution in [0.5, 0.6) is 11.5 Å². The summed E-state index contributed by atoms with van der Waals surface area (Å²) in [4.78, 5) is 18.6. The van der Waals surface area contributed by atoms with E-state index < -0.39 is 10.1 Å². The first-order valence-electron chi connectivity index (χ1n) is 11.4. The SMILES string of the molecule is COC(=O)C1=CO[C@@H](C)[C@@H]2CN3CCc4c([nH]c5cc(OC)c(OC)cc45)[C@@H]3C[C@H]12.CS(=O)(=O)O. The predicted octanol–water partition coefficient (Wildman–Crippen LogP) is 2.70. The molecular formula is C24H32N2O8S. The molecule has 4 heterocycles. The molecule has 2 N–H and O–H groups in total. The molecule has 11 heteroatoms. The number of hydrogen-bond acceptors (Lipinski definition) is 8. The van der Waals surface area contributed by atoms with Crippen molar-refractivity contribution in [1.82, 2.24) is 9.88 Å². The van der Waals surface area contributed by atoms with Crippen molar-refractivity contribution in [1.29, 1.82) is 0 Å². The number of ether oxygens (including phenoxy) is 4. The highest BCUT2D eigenvalue weighted by Crippen LogP contribution is 2.48. The second kappa shape index (κ2) is 9.71. The van der Waals surface area contributed by atoms with Gasteiger partial charge in [-0.25, -0.2) is 4.79 Å². The van der Waals surface area contributed by atoms with Gasteiger partial charge in [0.2, 0.25) is 0 Å². The van der Waals surface area contributed by atoms with E-state index in [1.807, 2.05) is 6.07 Å². The summed E-state index contributed by atoms with van der Waals surface area (Å²) in [6.07, 6.45) is 4.27. The fraction of sp³-hybridized carbons (Fsp3) is 0.542. The van der Waals surface area contributed by atoms with Gasteiger partial charge in [0.05, 0.1) is 51.6 Å². The Labute approximate surface area is 204 Å². The summed E-state index contributed by atoms with van der Waals surface area (Å²) in [6, 6.07) is 4.32. The number of carbonyl (C=O) groups is 1. The minimum absolute atomic E-state index is 0.0852. The van der Waals surface area contributed by atoms with E-state index in [1.165, 1.54) is 23.8 Å². The largest absolute Gasteiger partial charge is 0.497 e. The molecule has 1 aromatic carbocycles. The van der Waals surface area contributed by atoms with Gasteiger partial charge in [0, 0.05) is 47.6 Å². The Morgan fingerprint density at radius 3 is 2.49 bits per heavy atom. The zero-order valence-electron chi connectivity index (χ0n) is 20.5. The minimum Gasteiger partial charge on any atom is -0.497 e. The van der Waals surface area contributed by atoms with Crippen LogP contribution in [0.4, 0.5) is 0 Å². The highest BCUT2D eigenvalue weighted by molar-refractivity contribution is 7.85. The highest BCUT2D eigenvalue weighted by Gasteiger charge is 2.47. The van der Waals surface area contributed by atoms with Gasteiger partial charge in [-0.3, -0.25) is 9.45 Å². The van der Waals surface area contributed by atoms with Crippen LogP contribution >= 0.6 is 0 Å². The van der Waals surface area contributed by atoms with Crippen LogP contribution in [0.3, 0.4) is 0 Å². The molecule has 0 bridgehead atoms. The molecular weight excluding hydrogens is 476 g/mol.